The topological polar surface area (TPSA) is 55.6 Å². The van der Waals surface area contributed by atoms with E-state index in [-0.39, 0.29) is 5.97 Å². The van der Waals surface area contributed by atoms with Gasteiger partial charge in [0.25, 0.3) is 0 Å². The minimum Gasteiger partial charge on any atom is -0.468 e. The van der Waals surface area contributed by atoms with Crippen LogP contribution in [0.3, 0.4) is 0 Å². The van der Waals surface area contributed by atoms with Crippen LogP contribution < -0.4 is 5.73 Å². The lowest BCUT2D eigenvalue weighted by Gasteiger charge is -2.33. The van der Waals surface area contributed by atoms with Crippen molar-refractivity contribution >= 4 is 5.97 Å². The normalized spacial score (nSPS) is 24.3. The molecule has 1 saturated heterocycles. The van der Waals surface area contributed by atoms with Gasteiger partial charge in [-0.1, -0.05) is 6.42 Å². The number of methoxy groups -OCH3 is 1. The second-order valence-corrected chi connectivity index (χ2v) is 3.43. The van der Waals surface area contributed by atoms with Crippen LogP contribution in [0.25, 0.3) is 0 Å². The van der Waals surface area contributed by atoms with E-state index in [2.05, 4.69) is 9.64 Å². The lowest BCUT2D eigenvalue weighted by atomic mass is 10.0. The molecule has 76 valence electrons. The van der Waals surface area contributed by atoms with Crippen molar-refractivity contribution < 1.29 is 9.53 Å². The molecule has 0 aromatic heterocycles. The first-order valence-corrected chi connectivity index (χ1v) is 4.79. The molecule has 0 aliphatic carbocycles. The summed E-state index contributed by atoms with van der Waals surface area (Å²) >= 11 is 0. The highest BCUT2D eigenvalue weighted by Crippen LogP contribution is 2.15. The molecule has 4 nitrogen and oxygen atoms in total. The Bertz CT molecular complexity index is 173. The predicted molar refractivity (Wildman–Crippen MR) is 50.3 cm³/mol. The van der Waals surface area contributed by atoms with Crippen molar-refractivity contribution in [1.29, 1.82) is 0 Å². The number of nitrogens with two attached hydrogens (primary N) is 1. The first kappa shape index (κ1) is 10.5. The first-order valence-electron chi connectivity index (χ1n) is 4.79. The average molecular weight is 186 g/mol. The van der Waals surface area contributed by atoms with Crippen molar-refractivity contribution in [3.05, 3.63) is 0 Å². The molecule has 0 aromatic carbocycles. The first-order chi connectivity index (χ1) is 6.27. The quantitative estimate of drug-likeness (QED) is 0.629. The van der Waals surface area contributed by atoms with E-state index in [0.717, 1.165) is 19.4 Å². The zero-order valence-electron chi connectivity index (χ0n) is 8.16. The molecule has 2 N–H and O–H groups in total. The highest BCUT2D eigenvalue weighted by atomic mass is 16.5. The molecule has 4 heteroatoms. The van der Waals surface area contributed by atoms with Crippen molar-refractivity contribution in [1.82, 2.24) is 4.90 Å². The molecule has 0 spiro atoms. The molecule has 1 atom stereocenters. The zero-order chi connectivity index (χ0) is 9.68. The average Bonchev–Trinajstić information content (AvgIpc) is 2.18. The van der Waals surface area contributed by atoms with Crippen molar-refractivity contribution in [3.8, 4) is 0 Å². The number of hydrogen-bond donors (Lipinski definition) is 1. The Morgan fingerprint density at radius 3 is 3.00 bits per heavy atom. The molecule has 0 bridgehead atoms. The summed E-state index contributed by atoms with van der Waals surface area (Å²) in [6, 6.07) is 0.368. The highest BCUT2D eigenvalue weighted by molar-refractivity contribution is 5.71. The van der Waals surface area contributed by atoms with Crippen LogP contribution in [-0.4, -0.2) is 43.7 Å². The molecule has 1 heterocycles. The van der Waals surface area contributed by atoms with Crippen molar-refractivity contribution in [2.24, 2.45) is 5.73 Å². The largest absolute Gasteiger partial charge is 0.468 e. The van der Waals surface area contributed by atoms with Crippen molar-refractivity contribution in [2.45, 2.75) is 25.3 Å². The standard InChI is InChI=1S/C9H18N2O2/c1-13-9(12)7-11-5-3-2-4-8(11)6-10/h8H,2-7,10H2,1H3. The molecule has 1 aliphatic rings. The molecule has 0 saturated carbocycles. The molecule has 0 radical (unpaired) electrons. The maximum absolute atomic E-state index is 11.0. The third-order valence-electron chi connectivity index (χ3n) is 2.58. The van der Waals surface area contributed by atoms with Gasteiger partial charge in [-0.3, -0.25) is 9.69 Å². The Morgan fingerprint density at radius 2 is 2.38 bits per heavy atom. The fourth-order valence-corrected chi connectivity index (χ4v) is 1.77. The summed E-state index contributed by atoms with van der Waals surface area (Å²) in [5.41, 5.74) is 5.62. The third kappa shape index (κ3) is 2.97. The van der Waals surface area contributed by atoms with E-state index in [0.29, 0.717) is 19.1 Å². The summed E-state index contributed by atoms with van der Waals surface area (Å²) < 4.78 is 4.62. The van der Waals surface area contributed by atoms with E-state index in [4.69, 9.17) is 5.73 Å². The van der Waals surface area contributed by atoms with E-state index in [1.54, 1.807) is 0 Å². The van der Waals surface area contributed by atoms with Gasteiger partial charge in [-0.25, -0.2) is 0 Å². The fourth-order valence-electron chi connectivity index (χ4n) is 1.77. The molecular formula is C9H18N2O2. The Hall–Kier alpha value is -0.610. The van der Waals surface area contributed by atoms with Gasteiger partial charge in [-0.15, -0.1) is 0 Å². The van der Waals surface area contributed by atoms with Crippen molar-refractivity contribution in [3.63, 3.8) is 0 Å². The minimum atomic E-state index is -0.166. The molecule has 0 amide bonds. The second kappa shape index (κ2) is 5.19. The minimum absolute atomic E-state index is 0.166. The van der Waals surface area contributed by atoms with E-state index in [1.165, 1.54) is 13.5 Å². The van der Waals surface area contributed by atoms with Gasteiger partial charge in [0, 0.05) is 12.6 Å². The second-order valence-electron chi connectivity index (χ2n) is 3.43. The van der Waals surface area contributed by atoms with Crippen molar-refractivity contribution in [2.75, 3.05) is 26.7 Å². The molecule has 13 heavy (non-hydrogen) atoms. The number of piperidine rings is 1. The van der Waals surface area contributed by atoms with Gasteiger partial charge < -0.3 is 10.5 Å². The smallest absolute Gasteiger partial charge is 0.319 e. The lowest BCUT2D eigenvalue weighted by molar-refractivity contribution is -0.142. The zero-order valence-corrected chi connectivity index (χ0v) is 8.16. The van der Waals surface area contributed by atoms with Gasteiger partial charge in [-0.05, 0) is 19.4 Å². The van der Waals surface area contributed by atoms with Gasteiger partial charge in [0.2, 0.25) is 0 Å². The molecule has 0 aromatic rings. The number of ether oxygens (including phenoxy) is 1. The molecule has 1 unspecified atom stereocenters. The number of esters is 1. The number of likely N-dealkylation sites (tertiary alicyclic amines) is 1. The number of nitrogens with zero attached hydrogens (tertiary/aromatic N) is 1. The van der Waals surface area contributed by atoms with Crippen LogP contribution in [-0.2, 0) is 9.53 Å². The van der Waals surface area contributed by atoms with E-state index < -0.39 is 0 Å². The predicted octanol–water partition coefficient (Wildman–Crippen LogP) is -0.0274. The maximum Gasteiger partial charge on any atom is 0.319 e. The van der Waals surface area contributed by atoms with Crippen LogP contribution in [0.1, 0.15) is 19.3 Å². The third-order valence-corrected chi connectivity index (χ3v) is 2.58. The molecule has 1 fully saturated rings. The Morgan fingerprint density at radius 1 is 1.62 bits per heavy atom. The summed E-state index contributed by atoms with van der Waals surface area (Å²) in [5, 5.41) is 0. The lowest BCUT2D eigenvalue weighted by Crippen LogP contribution is -2.46. The summed E-state index contributed by atoms with van der Waals surface area (Å²) in [5.74, 6) is -0.166. The number of carbonyl (C=O) groups excluding carboxylic acids is 1. The number of rotatable bonds is 3. The van der Waals surface area contributed by atoms with Gasteiger partial charge >= 0.3 is 5.97 Å². The van der Waals surface area contributed by atoms with Gasteiger partial charge in [0.05, 0.1) is 13.7 Å². The van der Waals surface area contributed by atoms with E-state index >= 15 is 0 Å². The summed E-state index contributed by atoms with van der Waals surface area (Å²) in [4.78, 5) is 13.2. The fraction of sp³-hybridized carbons (Fsp3) is 0.889. The monoisotopic (exact) mass is 186 g/mol. The van der Waals surface area contributed by atoms with Crippen LogP contribution in [0, 0.1) is 0 Å². The van der Waals surface area contributed by atoms with Crippen LogP contribution in [0.4, 0.5) is 0 Å². The van der Waals surface area contributed by atoms with Gasteiger partial charge in [0.15, 0.2) is 0 Å². The number of hydrogen-bond acceptors (Lipinski definition) is 4. The Labute approximate surface area is 79.0 Å². The summed E-state index contributed by atoms with van der Waals surface area (Å²) in [6.45, 7) is 1.99. The van der Waals surface area contributed by atoms with E-state index in [9.17, 15) is 4.79 Å². The van der Waals surface area contributed by atoms with Crippen LogP contribution in [0.15, 0.2) is 0 Å². The highest BCUT2D eigenvalue weighted by Gasteiger charge is 2.22. The summed E-state index contributed by atoms with van der Waals surface area (Å²) in [6.07, 6.45) is 3.49. The SMILES string of the molecule is COC(=O)CN1CCCCC1CN. The van der Waals surface area contributed by atoms with Crippen LogP contribution in [0.5, 0.6) is 0 Å². The van der Waals surface area contributed by atoms with Gasteiger partial charge in [0.1, 0.15) is 0 Å². The summed E-state index contributed by atoms with van der Waals surface area (Å²) in [7, 11) is 1.42. The Balaban J connectivity index is 2.40. The maximum atomic E-state index is 11.0. The number of carbonyl (C=O) groups is 1. The molecule has 1 rings (SSSR count). The van der Waals surface area contributed by atoms with E-state index in [1.807, 2.05) is 0 Å². The molecular weight excluding hydrogens is 168 g/mol. The van der Waals surface area contributed by atoms with Gasteiger partial charge in [-0.2, -0.15) is 0 Å². The van der Waals surface area contributed by atoms with Crippen LogP contribution >= 0.6 is 0 Å². The molecule has 1 aliphatic heterocycles. The Kier molecular flexibility index (Phi) is 4.18. The van der Waals surface area contributed by atoms with Crippen LogP contribution in [0.2, 0.25) is 0 Å².